The Morgan fingerprint density at radius 2 is 2.29 bits per heavy atom. The lowest BCUT2D eigenvalue weighted by Crippen LogP contribution is -2.42. The van der Waals surface area contributed by atoms with Crippen LogP contribution in [-0.4, -0.2) is 35.5 Å². The van der Waals surface area contributed by atoms with Crippen molar-refractivity contribution in [2.75, 3.05) is 24.4 Å². The average molecular weight is 276 g/mol. The smallest absolute Gasteiger partial charge is 0.318 e. The zero-order valence-corrected chi connectivity index (χ0v) is 11.2. The minimum Gasteiger partial charge on any atom is -0.467 e. The minimum absolute atomic E-state index is 0.336. The Labute approximate surface area is 111 Å². The van der Waals surface area contributed by atoms with Gasteiger partial charge >= 0.3 is 6.01 Å². The molecule has 1 saturated carbocycles. The molecule has 1 aliphatic carbocycles. The number of aromatic nitrogens is 2. The standard InChI is InChI=1S/C11H15Cl2N3O/c1-17-11-14-7-9(13)10(15-11)16(6-5-12)8-3-2-4-8/h7-8H,2-6H2,1H3. The monoisotopic (exact) mass is 275 g/mol. The fourth-order valence-corrected chi connectivity index (χ4v) is 2.27. The van der Waals surface area contributed by atoms with E-state index < -0.39 is 0 Å². The molecular weight excluding hydrogens is 261 g/mol. The van der Waals surface area contributed by atoms with Crippen LogP contribution in [0.15, 0.2) is 6.20 Å². The molecule has 94 valence electrons. The summed E-state index contributed by atoms with van der Waals surface area (Å²) in [6.07, 6.45) is 5.16. The number of alkyl halides is 1. The molecule has 0 saturated heterocycles. The zero-order valence-electron chi connectivity index (χ0n) is 9.70. The molecular formula is C11H15Cl2N3O. The number of halogens is 2. The first kappa shape index (κ1) is 12.7. The lowest BCUT2D eigenvalue weighted by atomic mass is 9.91. The van der Waals surface area contributed by atoms with Gasteiger partial charge in [0, 0.05) is 18.5 Å². The largest absolute Gasteiger partial charge is 0.467 e. The third-order valence-corrected chi connectivity index (χ3v) is 3.43. The molecule has 0 aromatic carbocycles. The van der Waals surface area contributed by atoms with Gasteiger partial charge in [0.05, 0.1) is 13.3 Å². The molecule has 0 radical (unpaired) electrons. The normalized spacial score (nSPS) is 15.5. The fraction of sp³-hybridized carbons (Fsp3) is 0.636. The summed E-state index contributed by atoms with van der Waals surface area (Å²) in [5, 5.41) is 0.544. The third kappa shape index (κ3) is 2.75. The van der Waals surface area contributed by atoms with Crippen LogP contribution in [0.5, 0.6) is 6.01 Å². The van der Waals surface area contributed by atoms with E-state index in [9.17, 15) is 0 Å². The van der Waals surface area contributed by atoms with E-state index in [4.69, 9.17) is 27.9 Å². The molecule has 2 rings (SSSR count). The molecule has 0 N–H and O–H groups in total. The summed E-state index contributed by atoms with van der Waals surface area (Å²) in [7, 11) is 1.54. The summed E-state index contributed by atoms with van der Waals surface area (Å²) in [5.41, 5.74) is 0. The van der Waals surface area contributed by atoms with E-state index in [1.807, 2.05) is 0 Å². The Kier molecular flexibility index (Phi) is 4.29. The van der Waals surface area contributed by atoms with E-state index in [0.29, 0.717) is 23.0 Å². The lowest BCUT2D eigenvalue weighted by Gasteiger charge is -2.38. The highest BCUT2D eigenvalue weighted by Crippen LogP contribution is 2.32. The van der Waals surface area contributed by atoms with Crippen LogP contribution in [0.3, 0.4) is 0 Å². The Morgan fingerprint density at radius 3 is 2.82 bits per heavy atom. The highest BCUT2D eigenvalue weighted by Gasteiger charge is 2.27. The van der Waals surface area contributed by atoms with E-state index in [1.165, 1.54) is 19.3 Å². The van der Waals surface area contributed by atoms with Crippen molar-refractivity contribution in [1.82, 2.24) is 9.97 Å². The fourth-order valence-electron chi connectivity index (χ4n) is 1.89. The SMILES string of the molecule is COc1ncc(Cl)c(N(CCCl)C2CCC2)n1. The van der Waals surface area contributed by atoms with Crippen molar-refractivity contribution in [3.8, 4) is 6.01 Å². The second-order valence-electron chi connectivity index (χ2n) is 4.00. The summed E-state index contributed by atoms with van der Waals surface area (Å²) < 4.78 is 5.03. The van der Waals surface area contributed by atoms with Crippen molar-refractivity contribution < 1.29 is 4.74 Å². The summed E-state index contributed by atoms with van der Waals surface area (Å²) >= 11 is 12.0. The van der Waals surface area contributed by atoms with Gasteiger partial charge in [0.1, 0.15) is 5.02 Å². The summed E-state index contributed by atoms with van der Waals surface area (Å²) in [6, 6.07) is 0.828. The first-order valence-electron chi connectivity index (χ1n) is 5.65. The quantitative estimate of drug-likeness (QED) is 0.775. The minimum atomic E-state index is 0.336. The predicted octanol–water partition coefficient (Wildman–Crippen LogP) is 2.74. The molecule has 1 aromatic heterocycles. The van der Waals surface area contributed by atoms with Crippen molar-refractivity contribution in [1.29, 1.82) is 0 Å². The highest BCUT2D eigenvalue weighted by molar-refractivity contribution is 6.32. The van der Waals surface area contributed by atoms with E-state index in [0.717, 1.165) is 12.4 Å². The van der Waals surface area contributed by atoms with Crippen LogP contribution in [0.1, 0.15) is 19.3 Å². The first-order valence-corrected chi connectivity index (χ1v) is 6.56. The van der Waals surface area contributed by atoms with Gasteiger partial charge in [0.15, 0.2) is 5.82 Å². The molecule has 0 atom stereocenters. The molecule has 17 heavy (non-hydrogen) atoms. The lowest BCUT2D eigenvalue weighted by molar-refractivity contribution is 0.370. The van der Waals surface area contributed by atoms with Crippen LogP contribution in [0.25, 0.3) is 0 Å². The molecule has 1 fully saturated rings. The maximum atomic E-state index is 6.14. The molecule has 0 unspecified atom stereocenters. The number of anilines is 1. The highest BCUT2D eigenvalue weighted by atomic mass is 35.5. The first-order chi connectivity index (χ1) is 8.26. The van der Waals surface area contributed by atoms with Gasteiger partial charge in [-0.1, -0.05) is 11.6 Å². The maximum Gasteiger partial charge on any atom is 0.318 e. The Balaban J connectivity index is 2.26. The van der Waals surface area contributed by atoms with Gasteiger partial charge < -0.3 is 9.64 Å². The molecule has 6 heteroatoms. The molecule has 0 bridgehead atoms. The van der Waals surface area contributed by atoms with Crippen molar-refractivity contribution >= 4 is 29.0 Å². The van der Waals surface area contributed by atoms with Gasteiger partial charge in [-0.05, 0) is 19.3 Å². The van der Waals surface area contributed by atoms with Crippen molar-refractivity contribution in [2.45, 2.75) is 25.3 Å². The topological polar surface area (TPSA) is 38.2 Å². The second kappa shape index (κ2) is 5.74. The zero-order chi connectivity index (χ0) is 12.3. The van der Waals surface area contributed by atoms with Gasteiger partial charge in [-0.25, -0.2) is 4.98 Å². The van der Waals surface area contributed by atoms with Gasteiger partial charge in [0.25, 0.3) is 0 Å². The van der Waals surface area contributed by atoms with E-state index >= 15 is 0 Å². The van der Waals surface area contributed by atoms with Crippen molar-refractivity contribution in [3.63, 3.8) is 0 Å². The van der Waals surface area contributed by atoms with E-state index in [1.54, 1.807) is 13.3 Å². The summed E-state index contributed by atoms with van der Waals surface area (Å²) in [4.78, 5) is 10.4. The number of methoxy groups -OCH3 is 1. The summed E-state index contributed by atoms with van der Waals surface area (Å²) in [5.74, 6) is 1.28. The number of nitrogens with zero attached hydrogens (tertiary/aromatic N) is 3. The maximum absolute atomic E-state index is 6.14. The molecule has 4 nitrogen and oxygen atoms in total. The van der Waals surface area contributed by atoms with Crippen LogP contribution < -0.4 is 9.64 Å². The third-order valence-electron chi connectivity index (χ3n) is 3.00. The van der Waals surface area contributed by atoms with Crippen LogP contribution in [0.2, 0.25) is 5.02 Å². The summed E-state index contributed by atoms with van der Waals surface area (Å²) in [6.45, 7) is 0.742. The van der Waals surface area contributed by atoms with Crippen molar-refractivity contribution in [2.24, 2.45) is 0 Å². The molecule has 0 spiro atoms. The van der Waals surface area contributed by atoms with Gasteiger partial charge in [-0.2, -0.15) is 4.98 Å². The molecule has 0 aliphatic heterocycles. The number of hydrogen-bond donors (Lipinski definition) is 0. The Bertz CT molecular complexity index is 385. The Hall–Kier alpha value is -0.740. The second-order valence-corrected chi connectivity index (χ2v) is 4.78. The van der Waals surface area contributed by atoms with Crippen LogP contribution in [0, 0.1) is 0 Å². The molecule has 1 aliphatic rings. The van der Waals surface area contributed by atoms with E-state index in [-0.39, 0.29) is 0 Å². The van der Waals surface area contributed by atoms with Crippen LogP contribution >= 0.6 is 23.2 Å². The van der Waals surface area contributed by atoms with Gasteiger partial charge in [-0.15, -0.1) is 11.6 Å². The van der Waals surface area contributed by atoms with Crippen LogP contribution in [-0.2, 0) is 0 Å². The van der Waals surface area contributed by atoms with Gasteiger partial charge in [-0.3, -0.25) is 0 Å². The molecule has 0 amide bonds. The Morgan fingerprint density at radius 1 is 1.53 bits per heavy atom. The average Bonchev–Trinajstić information content (AvgIpc) is 2.27. The number of hydrogen-bond acceptors (Lipinski definition) is 4. The molecule has 1 heterocycles. The molecule has 1 aromatic rings. The number of ether oxygens (including phenoxy) is 1. The number of rotatable bonds is 5. The predicted molar refractivity (Wildman–Crippen MR) is 69.3 cm³/mol. The van der Waals surface area contributed by atoms with Gasteiger partial charge in [0.2, 0.25) is 0 Å². The van der Waals surface area contributed by atoms with Crippen LogP contribution in [0.4, 0.5) is 5.82 Å². The van der Waals surface area contributed by atoms with Crippen molar-refractivity contribution in [3.05, 3.63) is 11.2 Å². The van der Waals surface area contributed by atoms with E-state index in [2.05, 4.69) is 14.9 Å².